The average Bonchev–Trinajstić information content (AvgIpc) is 3.28. The van der Waals surface area contributed by atoms with Gasteiger partial charge in [0.1, 0.15) is 17.4 Å². The van der Waals surface area contributed by atoms with Gasteiger partial charge in [-0.2, -0.15) is 0 Å². The maximum Gasteiger partial charge on any atom is 0.250 e. The highest BCUT2D eigenvalue weighted by Crippen LogP contribution is 2.37. The third-order valence-corrected chi connectivity index (χ3v) is 6.03. The van der Waals surface area contributed by atoms with E-state index < -0.39 is 11.7 Å². The van der Waals surface area contributed by atoms with Crippen LogP contribution < -0.4 is 10.6 Å². The summed E-state index contributed by atoms with van der Waals surface area (Å²) < 4.78 is 14.6. The summed E-state index contributed by atoms with van der Waals surface area (Å²) in [5.41, 5.74) is 8.30. The minimum atomic E-state index is -0.591. The number of pyridine rings is 1. The van der Waals surface area contributed by atoms with E-state index >= 15 is 0 Å². The van der Waals surface area contributed by atoms with E-state index in [1.165, 1.54) is 18.2 Å². The third kappa shape index (κ3) is 3.73. The zero-order chi connectivity index (χ0) is 23.1. The number of nitrogens with zero attached hydrogens (tertiary/aromatic N) is 4. The van der Waals surface area contributed by atoms with E-state index in [2.05, 4.69) is 14.9 Å². The number of rotatable bonds is 4. The fraction of sp³-hybridized carbons (Fsp3) is 0.200. The molecule has 7 nitrogen and oxygen atoms in total. The molecule has 0 spiro atoms. The van der Waals surface area contributed by atoms with Gasteiger partial charge in [-0.1, -0.05) is 12.1 Å². The van der Waals surface area contributed by atoms with E-state index in [0.717, 1.165) is 17.4 Å². The third-order valence-electron chi connectivity index (χ3n) is 6.03. The molecule has 1 fully saturated rings. The summed E-state index contributed by atoms with van der Waals surface area (Å²) in [6, 6.07) is 13.4. The van der Waals surface area contributed by atoms with Gasteiger partial charge in [-0.3, -0.25) is 9.78 Å². The van der Waals surface area contributed by atoms with Gasteiger partial charge in [-0.25, -0.2) is 14.4 Å². The largest absolute Gasteiger partial charge is 0.507 e. The van der Waals surface area contributed by atoms with E-state index in [0.29, 0.717) is 35.7 Å². The highest BCUT2D eigenvalue weighted by atomic mass is 19.1. The number of nitrogens with two attached hydrogens (primary N) is 1. The van der Waals surface area contributed by atoms with Gasteiger partial charge in [0, 0.05) is 30.6 Å². The Morgan fingerprint density at radius 2 is 2.03 bits per heavy atom. The van der Waals surface area contributed by atoms with E-state index in [4.69, 9.17) is 10.7 Å². The quantitative estimate of drug-likeness (QED) is 0.495. The summed E-state index contributed by atoms with van der Waals surface area (Å²) in [4.78, 5) is 27.7. The Morgan fingerprint density at radius 1 is 1.18 bits per heavy atom. The Hall–Kier alpha value is -4.07. The smallest absolute Gasteiger partial charge is 0.250 e. The highest BCUT2D eigenvalue weighted by Gasteiger charge is 2.30. The number of aromatic nitrogens is 3. The van der Waals surface area contributed by atoms with Crippen molar-refractivity contribution in [3.05, 3.63) is 77.4 Å². The van der Waals surface area contributed by atoms with Crippen LogP contribution in [0.25, 0.3) is 22.3 Å². The van der Waals surface area contributed by atoms with Crippen LogP contribution in [-0.2, 0) is 0 Å². The number of phenols is 1. The Kier molecular flexibility index (Phi) is 5.12. The molecule has 0 radical (unpaired) electrons. The second-order valence-corrected chi connectivity index (χ2v) is 8.26. The minimum Gasteiger partial charge on any atom is -0.507 e. The van der Waals surface area contributed by atoms with Gasteiger partial charge >= 0.3 is 0 Å². The van der Waals surface area contributed by atoms with Gasteiger partial charge < -0.3 is 15.7 Å². The maximum absolute atomic E-state index is 14.6. The van der Waals surface area contributed by atoms with Crippen molar-refractivity contribution in [1.82, 2.24) is 15.0 Å². The second-order valence-electron chi connectivity index (χ2n) is 8.26. The van der Waals surface area contributed by atoms with Gasteiger partial charge in [0.15, 0.2) is 5.82 Å². The Balaban J connectivity index is 1.61. The predicted octanol–water partition coefficient (Wildman–Crippen LogP) is 3.94. The molecule has 3 heterocycles. The monoisotopic (exact) mass is 443 g/mol. The lowest BCUT2D eigenvalue weighted by Gasteiger charge is -2.21. The second kappa shape index (κ2) is 8.12. The van der Waals surface area contributed by atoms with Crippen LogP contribution in [0.5, 0.6) is 5.75 Å². The molecular formula is C25H22FN5O2. The number of hydrogen-bond donors (Lipinski definition) is 2. The fourth-order valence-corrected chi connectivity index (χ4v) is 4.44. The number of benzene rings is 2. The molecule has 1 saturated heterocycles. The molecule has 33 heavy (non-hydrogen) atoms. The first-order chi connectivity index (χ1) is 15.9. The summed E-state index contributed by atoms with van der Waals surface area (Å²) in [5, 5.41) is 11.1. The zero-order valence-corrected chi connectivity index (χ0v) is 18.0. The van der Waals surface area contributed by atoms with Gasteiger partial charge in [0.05, 0.1) is 22.3 Å². The molecule has 1 atom stereocenters. The fourth-order valence-electron chi connectivity index (χ4n) is 4.44. The summed E-state index contributed by atoms with van der Waals surface area (Å²) in [6.07, 6.45) is 2.42. The number of amides is 1. The van der Waals surface area contributed by atoms with Crippen LogP contribution in [0.3, 0.4) is 0 Å². The number of primary amides is 1. The van der Waals surface area contributed by atoms with Gasteiger partial charge in [0.2, 0.25) is 0 Å². The van der Waals surface area contributed by atoms with Crippen LogP contribution in [0.15, 0.2) is 54.7 Å². The van der Waals surface area contributed by atoms with Gasteiger partial charge in [-0.15, -0.1) is 0 Å². The lowest BCUT2D eigenvalue weighted by molar-refractivity contribution is 0.0998. The number of halogens is 1. The molecule has 0 aliphatic carbocycles. The highest BCUT2D eigenvalue weighted by molar-refractivity contribution is 5.94. The minimum absolute atomic E-state index is 0.00511. The Morgan fingerprint density at radius 3 is 2.82 bits per heavy atom. The summed E-state index contributed by atoms with van der Waals surface area (Å²) >= 11 is 0. The van der Waals surface area contributed by atoms with Crippen LogP contribution in [0.1, 0.15) is 34.0 Å². The first-order valence-electron chi connectivity index (χ1n) is 10.7. The van der Waals surface area contributed by atoms with E-state index in [9.17, 15) is 14.3 Å². The molecule has 1 aliphatic rings. The number of carbonyl (C=O) groups excluding carboxylic acids is 1. The number of fused-ring (bicyclic) bond motifs is 1. The average molecular weight is 443 g/mol. The van der Waals surface area contributed by atoms with Crippen molar-refractivity contribution in [3.8, 4) is 17.1 Å². The molecule has 0 bridgehead atoms. The predicted molar refractivity (Wildman–Crippen MR) is 124 cm³/mol. The van der Waals surface area contributed by atoms with Crippen molar-refractivity contribution < 1.29 is 14.3 Å². The molecule has 166 valence electrons. The lowest BCUT2D eigenvalue weighted by Crippen LogP contribution is -2.23. The number of aromatic hydroxyl groups is 1. The molecule has 5 rings (SSSR count). The van der Waals surface area contributed by atoms with Gasteiger partial charge in [-0.05, 0) is 55.3 Å². The first kappa shape index (κ1) is 20.8. The summed E-state index contributed by atoms with van der Waals surface area (Å²) in [7, 11) is 0. The number of carbonyl (C=O) groups is 1. The first-order valence-corrected chi connectivity index (χ1v) is 10.7. The molecule has 2 aromatic carbocycles. The molecule has 0 unspecified atom stereocenters. The zero-order valence-electron chi connectivity index (χ0n) is 18.0. The maximum atomic E-state index is 14.6. The van der Waals surface area contributed by atoms with Crippen molar-refractivity contribution in [2.75, 3.05) is 18.0 Å². The number of phenolic OH excluding ortho intramolecular Hbond substituents is 1. The molecule has 0 saturated carbocycles. The topological polar surface area (TPSA) is 105 Å². The molecule has 1 amide bonds. The Labute approximate surface area is 189 Å². The van der Waals surface area contributed by atoms with Crippen molar-refractivity contribution >= 4 is 22.6 Å². The molecule has 4 aromatic rings. The van der Waals surface area contributed by atoms with Gasteiger partial charge in [0.25, 0.3) is 5.91 Å². The normalized spacial score (nSPS) is 15.8. The molecular weight excluding hydrogens is 421 g/mol. The SMILES string of the molecule is Cc1ccc2c(N3CC[C@@H](c4ncccc4C(N)=O)C3)nc(-c3c(O)cccc3F)nc2c1. The molecule has 1 aliphatic heterocycles. The van der Waals surface area contributed by atoms with E-state index in [-0.39, 0.29) is 23.1 Å². The Bertz CT molecular complexity index is 1370. The van der Waals surface area contributed by atoms with Crippen molar-refractivity contribution in [1.29, 1.82) is 0 Å². The van der Waals surface area contributed by atoms with E-state index in [1.807, 2.05) is 25.1 Å². The summed E-state index contributed by atoms with van der Waals surface area (Å²) in [6.45, 7) is 3.20. The van der Waals surface area contributed by atoms with Crippen molar-refractivity contribution in [2.24, 2.45) is 5.73 Å². The number of hydrogen-bond acceptors (Lipinski definition) is 6. The van der Waals surface area contributed by atoms with Crippen LogP contribution in [0, 0.1) is 12.7 Å². The van der Waals surface area contributed by atoms with E-state index in [1.54, 1.807) is 18.3 Å². The van der Waals surface area contributed by atoms with Crippen LogP contribution in [0.4, 0.5) is 10.2 Å². The van der Waals surface area contributed by atoms with Crippen LogP contribution >= 0.6 is 0 Å². The standard InChI is InChI=1S/C25H22FN5O2/c1-14-7-8-16-19(12-14)29-24(21-18(26)5-2-6-20(21)32)30-25(16)31-11-9-15(13-31)22-17(23(27)33)4-3-10-28-22/h2-8,10,12,15,32H,9,11,13H2,1H3,(H2,27,33)/t15-/m1/s1. The molecule has 8 heteroatoms. The lowest BCUT2D eigenvalue weighted by atomic mass is 9.99. The summed E-state index contributed by atoms with van der Waals surface area (Å²) in [5.74, 6) is -0.542. The van der Waals surface area contributed by atoms with Crippen molar-refractivity contribution in [2.45, 2.75) is 19.3 Å². The number of anilines is 1. The molecule has 2 aromatic heterocycles. The number of aryl methyl sites for hydroxylation is 1. The molecule has 3 N–H and O–H groups in total. The van der Waals surface area contributed by atoms with Crippen molar-refractivity contribution in [3.63, 3.8) is 0 Å². The van der Waals surface area contributed by atoms with Crippen LogP contribution in [0.2, 0.25) is 0 Å². The van der Waals surface area contributed by atoms with Crippen LogP contribution in [-0.4, -0.2) is 39.1 Å².